The fraction of sp³-hybridized carbons (Fsp3) is 0. The normalized spacial score (nSPS) is 9.78. The van der Waals surface area contributed by atoms with E-state index in [9.17, 15) is 0 Å². The second-order valence-corrected chi connectivity index (χ2v) is 3.33. The van der Waals surface area contributed by atoms with Crippen molar-refractivity contribution < 1.29 is 0 Å². The van der Waals surface area contributed by atoms with Crippen molar-refractivity contribution in [2.45, 2.75) is 0 Å². The molecule has 0 aliphatic carbocycles. The van der Waals surface area contributed by atoms with E-state index in [1.807, 2.05) is 24.3 Å². The van der Waals surface area contributed by atoms with Crippen molar-refractivity contribution in [1.29, 1.82) is 0 Å². The van der Waals surface area contributed by atoms with Gasteiger partial charge in [0.2, 0.25) is 17.8 Å². The van der Waals surface area contributed by atoms with Crippen molar-refractivity contribution >= 4 is 28.9 Å². The van der Waals surface area contributed by atoms with E-state index in [1.54, 1.807) is 6.33 Å². The number of para-hydroxylation sites is 2. The maximum atomic E-state index is 5.14. The van der Waals surface area contributed by atoms with Gasteiger partial charge in [-0.1, -0.05) is 12.1 Å². The van der Waals surface area contributed by atoms with Crippen molar-refractivity contribution in [3.05, 3.63) is 30.6 Å². The number of nitrogens with two attached hydrogens (primary N) is 3. The number of rotatable bonds is 0. The summed E-state index contributed by atoms with van der Waals surface area (Å²) in [6.07, 6.45) is 1.70. The molecule has 0 saturated carbocycles. The number of aromatic nitrogens is 5. The number of anilines is 3. The Kier molecular flexibility index (Phi) is 3.19. The third-order valence-corrected chi connectivity index (χ3v) is 2.02. The summed E-state index contributed by atoms with van der Waals surface area (Å²) in [4.78, 5) is 17.5. The lowest BCUT2D eigenvalue weighted by atomic mass is 10.3. The van der Waals surface area contributed by atoms with Crippen LogP contribution in [0.5, 0.6) is 0 Å². The molecule has 0 atom stereocenters. The number of nitrogens with zero attached hydrogens (tertiary/aromatic N) is 4. The molecular formula is C10H12N8. The molecule has 0 amide bonds. The predicted molar refractivity (Wildman–Crippen MR) is 69.2 cm³/mol. The molecule has 0 bridgehead atoms. The lowest BCUT2D eigenvalue weighted by Gasteiger charge is -1.93. The highest BCUT2D eigenvalue weighted by atomic mass is 15.2. The van der Waals surface area contributed by atoms with Crippen LogP contribution in [-0.2, 0) is 0 Å². The van der Waals surface area contributed by atoms with Crippen molar-refractivity contribution in [1.82, 2.24) is 24.9 Å². The van der Waals surface area contributed by atoms with Crippen molar-refractivity contribution in [2.24, 2.45) is 0 Å². The summed E-state index contributed by atoms with van der Waals surface area (Å²) >= 11 is 0. The Morgan fingerprint density at radius 3 is 1.94 bits per heavy atom. The van der Waals surface area contributed by atoms with E-state index in [0.29, 0.717) is 0 Å². The van der Waals surface area contributed by atoms with Gasteiger partial charge in [0.25, 0.3) is 0 Å². The van der Waals surface area contributed by atoms with Crippen LogP contribution in [0.2, 0.25) is 0 Å². The van der Waals surface area contributed by atoms with E-state index in [-0.39, 0.29) is 17.8 Å². The molecule has 18 heavy (non-hydrogen) atoms. The smallest absolute Gasteiger partial charge is 0.226 e. The number of nitrogens with one attached hydrogen (secondary N) is 1. The minimum Gasteiger partial charge on any atom is -0.368 e. The molecule has 8 heteroatoms. The Balaban J connectivity index is 0.000000134. The van der Waals surface area contributed by atoms with Crippen LogP contribution in [0.4, 0.5) is 17.8 Å². The second-order valence-electron chi connectivity index (χ2n) is 3.33. The zero-order chi connectivity index (χ0) is 13.0. The highest BCUT2D eigenvalue weighted by Crippen LogP contribution is 2.05. The number of imidazole rings is 1. The van der Waals surface area contributed by atoms with Gasteiger partial charge in [0.05, 0.1) is 17.4 Å². The number of benzene rings is 1. The SMILES string of the molecule is Nc1nc(N)nc(N)n1.c1ccc2[nH]cnc2c1. The Labute approximate surface area is 102 Å². The average molecular weight is 244 g/mol. The fourth-order valence-corrected chi connectivity index (χ4v) is 1.31. The van der Waals surface area contributed by atoms with E-state index in [4.69, 9.17) is 17.2 Å². The molecule has 0 aliphatic rings. The first-order valence-corrected chi connectivity index (χ1v) is 5.06. The van der Waals surface area contributed by atoms with Gasteiger partial charge in [-0.15, -0.1) is 0 Å². The summed E-state index contributed by atoms with van der Waals surface area (Å²) in [6, 6.07) is 7.94. The molecule has 3 rings (SSSR count). The molecule has 7 N–H and O–H groups in total. The minimum atomic E-state index is 0.0417. The molecule has 0 fully saturated rings. The van der Waals surface area contributed by atoms with Gasteiger partial charge in [-0.2, -0.15) is 15.0 Å². The Hall–Kier alpha value is -2.90. The zero-order valence-electron chi connectivity index (χ0n) is 9.41. The molecule has 92 valence electrons. The monoisotopic (exact) mass is 244 g/mol. The zero-order valence-corrected chi connectivity index (χ0v) is 9.41. The molecule has 3 aromatic rings. The largest absolute Gasteiger partial charge is 0.368 e. The standard InChI is InChI=1S/C7H6N2.C3H6N6/c1-2-4-7-6(3-1)8-5-9-7;4-1-7-2(5)9-3(6)8-1/h1-5H,(H,8,9);(H6,4,5,6,7,8,9). The number of fused-ring (bicyclic) bond motifs is 1. The van der Waals surface area contributed by atoms with Gasteiger partial charge >= 0.3 is 0 Å². The summed E-state index contributed by atoms with van der Waals surface area (Å²) in [5.74, 6) is 0.125. The van der Waals surface area contributed by atoms with Crippen molar-refractivity contribution in [2.75, 3.05) is 17.2 Å². The topological polar surface area (TPSA) is 145 Å². The molecule has 2 heterocycles. The van der Waals surface area contributed by atoms with Crippen molar-refractivity contribution in [3.8, 4) is 0 Å². The summed E-state index contributed by atoms with van der Waals surface area (Å²) in [6.45, 7) is 0. The van der Waals surface area contributed by atoms with E-state index in [0.717, 1.165) is 11.0 Å². The maximum absolute atomic E-state index is 5.14. The lowest BCUT2D eigenvalue weighted by molar-refractivity contribution is 1.09. The van der Waals surface area contributed by atoms with Gasteiger partial charge in [0, 0.05) is 0 Å². The van der Waals surface area contributed by atoms with Crippen LogP contribution in [0, 0.1) is 0 Å². The maximum Gasteiger partial charge on any atom is 0.226 e. The lowest BCUT2D eigenvalue weighted by Crippen LogP contribution is -2.05. The Morgan fingerprint density at radius 1 is 0.833 bits per heavy atom. The molecule has 2 aromatic heterocycles. The highest BCUT2D eigenvalue weighted by molar-refractivity contribution is 5.73. The first-order valence-electron chi connectivity index (χ1n) is 5.06. The van der Waals surface area contributed by atoms with Gasteiger partial charge in [-0.3, -0.25) is 0 Å². The van der Waals surface area contributed by atoms with Crippen LogP contribution < -0.4 is 17.2 Å². The Bertz CT molecular complexity index is 566. The van der Waals surface area contributed by atoms with E-state index < -0.39 is 0 Å². The van der Waals surface area contributed by atoms with Gasteiger partial charge in [-0.05, 0) is 12.1 Å². The van der Waals surface area contributed by atoms with Crippen molar-refractivity contribution in [3.63, 3.8) is 0 Å². The number of hydrogen-bond donors (Lipinski definition) is 4. The van der Waals surface area contributed by atoms with Crippen LogP contribution in [0.1, 0.15) is 0 Å². The number of hydrogen-bond acceptors (Lipinski definition) is 7. The fourth-order valence-electron chi connectivity index (χ4n) is 1.31. The molecule has 0 aliphatic heterocycles. The summed E-state index contributed by atoms with van der Waals surface area (Å²) in [7, 11) is 0. The van der Waals surface area contributed by atoms with Crippen LogP contribution in [-0.4, -0.2) is 24.9 Å². The van der Waals surface area contributed by atoms with Gasteiger partial charge in [-0.25, -0.2) is 4.98 Å². The summed E-state index contributed by atoms with van der Waals surface area (Å²) < 4.78 is 0. The first kappa shape index (κ1) is 11.6. The Morgan fingerprint density at radius 2 is 1.39 bits per heavy atom. The van der Waals surface area contributed by atoms with E-state index >= 15 is 0 Å². The number of aromatic amines is 1. The summed E-state index contributed by atoms with van der Waals surface area (Å²) in [5.41, 5.74) is 17.5. The summed E-state index contributed by atoms with van der Waals surface area (Å²) in [5, 5.41) is 0. The minimum absolute atomic E-state index is 0.0417. The van der Waals surface area contributed by atoms with Crippen LogP contribution in [0.3, 0.4) is 0 Å². The van der Waals surface area contributed by atoms with E-state index in [2.05, 4.69) is 24.9 Å². The molecule has 0 spiro atoms. The van der Waals surface area contributed by atoms with Gasteiger partial charge < -0.3 is 22.2 Å². The van der Waals surface area contributed by atoms with Crippen LogP contribution in [0.15, 0.2) is 30.6 Å². The quantitative estimate of drug-likeness (QED) is 0.441. The third kappa shape index (κ3) is 2.82. The van der Waals surface area contributed by atoms with Gasteiger partial charge in [0.15, 0.2) is 0 Å². The van der Waals surface area contributed by atoms with Gasteiger partial charge in [0.1, 0.15) is 0 Å². The first-order chi connectivity index (χ1) is 8.65. The molecule has 0 saturated heterocycles. The number of H-pyrrole nitrogens is 1. The predicted octanol–water partition coefficient (Wildman–Crippen LogP) is 0.181. The van der Waals surface area contributed by atoms with Crippen LogP contribution >= 0.6 is 0 Å². The number of nitrogen functional groups attached to an aromatic ring is 3. The third-order valence-electron chi connectivity index (χ3n) is 2.02. The molecule has 1 aromatic carbocycles. The molecule has 8 nitrogen and oxygen atoms in total. The van der Waals surface area contributed by atoms with Crippen LogP contribution in [0.25, 0.3) is 11.0 Å². The molecular weight excluding hydrogens is 232 g/mol. The second kappa shape index (κ2) is 4.95. The average Bonchev–Trinajstić information content (AvgIpc) is 2.75. The highest BCUT2D eigenvalue weighted by Gasteiger charge is 1.93. The van der Waals surface area contributed by atoms with E-state index in [1.165, 1.54) is 0 Å². The molecule has 0 unspecified atom stereocenters. The molecule has 0 radical (unpaired) electrons.